The first kappa shape index (κ1) is 19.9. The zero-order chi connectivity index (χ0) is 20.6. The predicted molar refractivity (Wildman–Crippen MR) is 109 cm³/mol. The number of methoxy groups -OCH3 is 3. The summed E-state index contributed by atoms with van der Waals surface area (Å²) in [4.78, 5) is 20.6. The number of carbonyl (C=O) groups excluding carboxylic acids is 1. The molecular formula is C21H22N4O4. The minimum absolute atomic E-state index is 0.276. The fourth-order valence-corrected chi connectivity index (χ4v) is 2.73. The Balaban J connectivity index is 1.75. The van der Waals surface area contributed by atoms with Crippen molar-refractivity contribution in [1.29, 1.82) is 0 Å². The van der Waals surface area contributed by atoms with Crippen molar-refractivity contribution in [3.05, 3.63) is 66.2 Å². The molecule has 0 aliphatic rings. The number of nitrogens with zero attached hydrogens (tertiary/aromatic N) is 2. The van der Waals surface area contributed by atoms with E-state index in [0.29, 0.717) is 40.9 Å². The number of pyridine rings is 2. The van der Waals surface area contributed by atoms with Gasteiger partial charge in [-0.1, -0.05) is 6.07 Å². The van der Waals surface area contributed by atoms with Crippen molar-refractivity contribution in [2.75, 3.05) is 26.6 Å². The lowest BCUT2D eigenvalue weighted by Crippen LogP contribution is -2.23. The Morgan fingerprint density at radius 2 is 1.72 bits per heavy atom. The molecule has 3 aromatic rings. The molecule has 8 heteroatoms. The second kappa shape index (κ2) is 9.41. The van der Waals surface area contributed by atoms with Gasteiger partial charge < -0.3 is 24.8 Å². The lowest BCUT2D eigenvalue weighted by molar-refractivity contribution is 0.0946. The van der Waals surface area contributed by atoms with Gasteiger partial charge in [0.05, 0.1) is 21.3 Å². The van der Waals surface area contributed by atoms with E-state index < -0.39 is 0 Å². The first-order chi connectivity index (χ1) is 14.1. The summed E-state index contributed by atoms with van der Waals surface area (Å²) in [5, 5.41) is 6.06. The number of nitrogens with one attached hydrogen (secondary N) is 2. The molecule has 1 aromatic carbocycles. The van der Waals surface area contributed by atoms with Crippen molar-refractivity contribution in [3.8, 4) is 17.2 Å². The summed E-state index contributed by atoms with van der Waals surface area (Å²) in [5.41, 5.74) is 2.62. The molecule has 0 spiro atoms. The van der Waals surface area contributed by atoms with Crippen molar-refractivity contribution in [1.82, 2.24) is 15.3 Å². The van der Waals surface area contributed by atoms with Crippen LogP contribution in [0.15, 0.2) is 55.0 Å². The highest BCUT2D eigenvalue weighted by Crippen LogP contribution is 2.40. The minimum atomic E-state index is -0.276. The maximum absolute atomic E-state index is 12.4. The fraction of sp³-hybridized carbons (Fsp3) is 0.190. The first-order valence-corrected chi connectivity index (χ1v) is 8.84. The summed E-state index contributed by atoms with van der Waals surface area (Å²) in [7, 11) is 4.66. The van der Waals surface area contributed by atoms with Crippen LogP contribution in [0.3, 0.4) is 0 Å². The highest BCUT2D eigenvalue weighted by molar-refractivity contribution is 5.93. The van der Waals surface area contributed by atoms with Crippen LogP contribution in [-0.2, 0) is 6.54 Å². The van der Waals surface area contributed by atoms with Gasteiger partial charge in [-0.05, 0) is 23.8 Å². The van der Waals surface area contributed by atoms with Crippen LogP contribution >= 0.6 is 0 Å². The number of anilines is 2. The first-order valence-electron chi connectivity index (χ1n) is 8.84. The largest absolute Gasteiger partial charge is 0.493 e. The van der Waals surface area contributed by atoms with Gasteiger partial charge in [-0.25, -0.2) is 0 Å². The SMILES string of the molecule is COc1cc(Nc2ccnc(C(=O)NCc3cccnc3)c2)cc(OC)c1OC. The van der Waals surface area contributed by atoms with Crippen LogP contribution in [0.25, 0.3) is 0 Å². The van der Waals surface area contributed by atoms with Gasteiger partial charge in [0.15, 0.2) is 11.5 Å². The molecule has 29 heavy (non-hydrogen) atoms. The molecule has 0 radical (unpaired) electrons. The summed E-state index contributed by atoms with van der Waals surface area (Å²) >= 11 is 0. The Morgan fingerprint density at radius 3 is 2.34 bits per heavy atom. The number of carbonyl (C=O) groups is 1. The van der Waals surface area contributed by atoms with Crippen molar-refractivity contribution in [2.24, 2.45) is 0 Å². The van der Waals surface area contributed by atoms with Crippen LogP contribution < -0.4 is 24.8 Å². The smallest absolute Gasteiger partial charge is 0.270 e. The van der Waals surface area contributed by atoms with Crippen molar-refractivity contribution in [3.63, 3.8) is 0 Å². The number of hydrogen-bond donors (Lipinski definition) is 2. The molecule has 3 rings (SSSR count). The summed E-state index contributed by atoms with van der Waals surface area (Å²) in [6.07, 6.45) is 4.96. The third-order valence-corrected chi connectivity index (χ3v) is 4.12. The standard InChI is InChI=1S/C21H22N4O4/c1-27-18-10-16(11-19(28-2)20(18)29-3)25-15-6-8-23-17(9-15)21(26)24-13-14-5-4-7-22-12-14/h4-12H,13H2,1-3H3,(H,23,25)(H,24,26). The van der Waals surface area contributed by atoms with E-state index in [0.717, 1.165) is 5.56 Å². The third-order valence-electron chi connectivity index (χ3n) is 4.12. The fourth-order valence-electron chi connectivity index (χ4n) is 2.73. The molecule has 0 aliphatic heterocycles. The molecule has 0 bridgehead atoms. The molecule has 0 atom stereocenters. The number of amides is 1. The lowest BCUT2D eigenvalue weighted by Gasteiger charge is -2.15. The molecule has 2 aromatic heterocycles. The van der Waals surface area contributed by atoms with Gasteiger partial charge in [-0.2, -0.15) is 0 Å². The molecule has 0 saturated carbocycles. The van der Waals surface area contributed by atoms with Gasteiger partial charge in [0.25, 0.3) is 5.91 Å². The highest BCUT2D eigenvalue weighted by atomic mass is 16.5. The summed E-state index contributed by atoms with van der Waals surface area (Å²) in [5.74, 6) is 1.28. The van der Waals surface area contributed by atoms with E-state index in [1.165, 1.54) is 0 Å². The molecule has 2 N–H and O–H groups in total. The Labute approximate surface area is 168 Å². The summed E-state index contributed by atoms with van der Waals surface area (Å²) in [6, 6.07) is 10.7. The minimum Gasteiger partial charge on any atom is -0.493 e. The average Bonchev–Trinajstić information content (AvgIpc) is 2.77. The Hall–Kier alpha value is -3.81. The molecule has 0 aliphatic carbocycles. The van der Waals surface area contributed by atoms with Gasteiger partial charge in [0.1, 0.15) is 5.69 Å². The maximum Gasteiger partial charge on any atom is 0.270 e. The highest BCUT2D eigenvalue weighted by Gasteiger charge is 2.14. The number of hydrogen-bond acceptors (Lipinski definition) is 7. The van der Waals surface area contributed by atoms with Crippen molar-refractivity contribution < 1.29 is 19.0 Å². The Morgan fingerprint density at radius 1 is 0.966 bits per heavy atom. The van der Waals surface area contributed by atoms with Gasteiger partial charge in [-0.15, -0.1) is 0 Å². The number of ether oxygens (including phenoxy) is 3. The van der Waals surface area contributed by atoms with Gasteiger partial charge in [0.2, 0.25) is 5.75 Å². The van der Waals surface area contributed by atoms with E-state index in [1.807, 2.05) is 12.1 Å². The van der Waals surface area contributed by atoms with Crippen LogP contribution in [0.2, 0.25) is 0 Å². The molecule has 8 nitrogen and oxygen atoms in total. The van der Waals surface area contributed by atoms with Gasteiger partial charge in [-0.3, -0.25) is 14.8 Å². The lowest BCUT2D eigenvalue weighted by atomic mass is 10.2. The van der Waals surface area contributed by atoms with E-state index in [2.05, 4.69) is 20.6 Å². The molecular weight excluding hydrogens is 372 g/mol. The van der Waals surface area contributed by atoms with Crippen LogP contribution in [0.5, 0.6) is 17.2 Å². The maximum atomic E-state index is 12.4. The zero-order valence-corrected chi connectivity index (χ0v) is 16.4. The van der Waals surface area contributed by atoms with E-state index in [4.69, 9.17) is 14.2 Å². The van der Waals surface area contributed by atoms with Gasteiger partial charge in [0, 0.05) is 48.6 Å². The van der Waals surface area contributed by atoms with E-state index in [9.17, 15) is 4.79 Å². The van der Waals surface area contributed by atoms with E-state index in [1.54, 1.807) is 64.2 Å². The van der Waals surface area contributed by atoms with Gasteiger partial charge >= 0.3 is 0 Å². The molecule has 0 fully saturated rings. The second-order valence-electron chi connectivity index (χ2n) is 6.01. The molecule has 150 valence electrons. The van der Waals surface area contributed by atoms with E-state index >= 15 is 0 Å². The zero-order valence-electron chi connectivity index (χ0n) is 16.4. The normalized spacial score (nSPS) is 10.2. The van der Waals surface area contributed by atoms with E-state index in [-0.39, 0.29) is 5.91 Å². The number of benzene rings is 1. The summed E-state index contributed by atoms with van der Waals surface area (Å²) in [6.45, 7) is 0.374. The van der Waals surface area contributed by atoms with Crippen molar-refractivity contribution in [2.45, 2.75) is 6.54 Å². The predicted octanol–water partition coefficient (Wildman–Crippen LogP) is 3.18. The Kier molecular flexibility index (Phi) is 6.47. The van der Waals surface area contributed by atoms with Crippen LogP contribution in [0.4, 0.5) is 11.4 Å². The monoisotopic (exact) mass is 394 g/mol. The number of aromatic nitrogens is 2. The third kappa shape index (κ3) is 4.92. The number of rotatable bonds is 8. The summed E-state index contributed by atoms with van der Waals surface area (Å²) < 4.78 is 16.1. The van der Waals surface area contributed by atoms with Crippen LogP contribution in [-0.4, -0.2) is 37.2 Å². The van der Waals surface area contributed by atoms with Crippen molar-refractivity contribution >= 4 is 17.3 Å². The molecule has 2 heterocycles. The average molecular weight is 394 g/mol. The second-order valence-corrected chi connectivity index (χ2v) is 6.01. The molecule has 0 unspecified atom stereocenters. The molecule has 1 amide bonds. The van der Waals surface area contributed by atoms with Crippen LogP contribution in [0, 0.1) is 0 Å². The quantitative estimate of drug-likeness (QED) is 0.606. The van der Waals surface area contributed by atoms with Crippen LogP contribution in [0.1, 0.15) is 16.1 Å². The Bertz CT molecular complexity index is 954. The molecule has 0 saturated heterocycles. The topological polar surface area (TPSA) is 94.6 Å².